The Kier molecular flexibility index (Phi) is 6.60. The van der Waals surface area contributed by atoms with Gasteiger partial charge in [-0.3, -0.25) is 4.79 Å². The highest BCUT2D eigenvalue weighted by Gasteiger charge is 2.23. The summed E-state index contributed by atoms with van der Waals surface area (Å²) in [6, 6.07) is -0.0798. The van der Waals surface area contributed by atoms with Crippen molar-refractivity contribution in [1.29, 1.82) is 0 Å². The predicted molar refractivity (Wildman–Crippen MR) is 66.0 cm³/mol. The standard InChI is InChI=1S/C12H26N2O2/c1-5-9(6-7-15)14-11(16)8-10(13)12(2,3)4/h9-10,15H,5-8,13H2,1-4H3,(H,14,16). The van der Waals surface area contributed by atoms with Gasteiger partial charge in [0, 0.05) is 25.1 Å². The van der Waals surface area contributed by atoms with E-state index in [9.17, 15) is 4.79 Å². The highest BCUT2D eigenvalue weighted by Crippen LogP contribution is 2.19. The molecule has 0 heterocycles. The lowest BCUT2D eigenvalue weighted by Gasteiger charge is -2.27. The van der Waals surface area contributed by atoms with Gasteiger partial charge < -0.3 is 16.2 Å². The number of carbonyl (C=O) groups excluding carboxylic acids is 1. The molecule has 0 bridgehead atoms. The topological polar surface area (TPSA) is 75.3 Å². The summed E-state index contributed by atoms with van der Waals surface area (Å²) in [5.41, 5.74) is 5.87. The Bertz CT molecular complexity index is 212. The van der Waals surface area contributed by atoms with Crippen LogP contribution in [0.3, 0.4) is 0 Å². The van der Waals surface area contributed by atoms with E-state index in [2.05, 4.69) is 5.32 Å². The number of nitrogens with two attached hydrogens (primary N) is 1. The molecule has 0 radical (unpaired) electrons. The number of amides is 1. The summed E-state index contributed by atoms with van der Waals surface area (Å²) in [6.45, 7) is 8.16. The van der Waals surface area contributed by atoms with Crippen molar-refractivity contribution in [3.8, 4) is 0 Å². The number of hydrogen-bond acceptors (Lipinski definition) is 3. The van der Waals surface area contributed by atoms with Crippen LogP contribution in [0.15, 0.2) is 0 Å². The maximum absolute atomic E-state index is 11.7. The van der Waals surface area contributed by atoms with Crippen molar-refractivity contribution in [2.75, 3.05) is 6.61 Å². The summed E-state index contributed by atoms with van der Waals surface area (Å²) >= 11 is 0. The van der Waals surface area contributed by atoms with Crippen molar-refractivity contribution in [3.63, 3.8) is 0 Å². The maximum atomic E-state index is 11.7. The molecule has 2 unspecified atom stereocenters. The highest BCUT2D eigenvalue weighted by atomic mass is 16.3. The van der Waals surface area contributed by atoms with E-state index in [1.54, 1.807) is 0 Å². The molecule has 0 aromatic heterocycles. The van der Waals surface area contributed by atoms with Crippen molar-refractivity contribution in [3.05, 3.63) is 0 Å². The van der Waals surface area contributed by atoms with E-state index in [1.807, 2.05) is 27.7 Å². The lowest BCUT2D eigenvalue weighted by molar-refractivity contribution is -0.122. The first kappa shape index (κ1) is 15.4. The molecule has 0 aromatic rings. The molecule has 4 nitrogen and oxygen atoms in total. The Hall–Kier alpha value is -0.610. The molecule has 0 aliphatic rings. The molecule has 0 rings (SSSR count). The molecule has 0 fully saturated rings. The van der Waals surface area contributed by atoms with Crippen LogP contribution >= 0.6 is 0 Å². The van der Waals surface area contributed by atoms with E-state index in [-0.39, 0.29) is 30.0 Å². The first-order valence-corrected chi connectivity index (χ1v) is 5.97. The van der Waals surface area contributed by atoms with Crippen LogP contribution in [0.2, 0.25) is 0 Å². The Balaban J connectivity index is 4.07. The molecule has 2 atom stereocenters. The minimum atomic E-state index is -0.140. The molecule has 4 heteroatoms. The zero-order valence-electron chi connectivity index (χ0n) is 10.9. The molecule has 1 amide bonds. The van der Waals surface area contributed by atoms with Gasteiger partial charge in [0.15, 0.2) is 0 Å². The maximum Gasteiger partial charge on any atom is 0.221 e. The molecule has 0 saturated heterocycles. The molecule has 96 valence electrons. The summed E-state index contributed by atoms with van der Waals surface area (Å²) in [5.74, 6) is -0.0253. The summed E-state index contributed by atoms with van der Waals surface area (Å²) in [6.07, 6.45) is 1.77. The molecular weight excluding hydrogens is 204 g/mol. The molecule has 0 saturated carbocycles. The van der Waals surface area contributed by atoms with Crippen LogP contribution in [-0.2, 0) is 4.79 Å². The molecule has 0 aliphatic heterocycles. The second-order valence-corrected chi connectivity index (χ2v) is 5.36. The quantitative estimate of drug-likeness (QED) is 0.638. The third-order valence-electron chi connectivity index (χ3n) is 2.85. The fourth-order valence-electron chi connectivity index (χ4n) is 1.33. The van der Waals surface area contributed by atoms with Gasteiger partial charge in [-0.15, -0.1) is 0 Å². The van der Waals surface area contributed by atoms with Crippen molar-refractivity contribution in [1.82, 2.24) is 5.32 Å². The van der Waals surface area contributed by atoms with Gasteiger partial charge >= 0.3 is 0 Å². The number of carbonyl (C=O) groups is 1. The van der Waals surface area contributed by atoms with Crippen LogP contribution in [0.4, 0.5) is 0 Å². The molecule has 16 heavy (non-hydrogen) atoms. The summed E-state index contributed by atoms with van der Waals surface area (Å²) in [4.78, 5) is 11.7. The molecule has 0 spiro atoms. The predicted octanol–water partition coefficient (Wildman–Crippen LogP) is 1.03. The Labute approximate surface area is 98.6 Å². The minimum Gasteiger partial charge on any atom is -0.396 e. The fraction of sp³-hybridized carbons (Fsp3) is 0.917. The summed E-state index contributed by atoms with van der Waals surface area (Å²) in [7, 11) is 0. The average molecular weight is 230 g/mol. The zero-order valence-corrected chi connectivity index (χ0v) is 10.9. The minimum absolute atomic E-state index is 0.0253. The van der Waals surface area contributed by atoms with Gasteiger partial charge in [0.05, 0.1) is 0 Å². The van der Waals surface area contributed by atoms with Gasteiger partial charge in [0.25, 0.3) is 0 Å². The largest absolute Gasteiger partial charge is 0.396 e. The highest BCUT2D eigenvalue weighted by molar-refractivity contribution is 5.76. The van der Waals surface area contributed by atoms with E-state index in [4.69, 9.17) is 10.8 Å². The fourth-order valence-corrected chi connectivity index (χ4v) is 1.33. The first-order valence-electron chi connectivity index (χ1n) is 5.97. The molecule has 0 aromatic carbocycles. The molecule has 0 aliphatic carbocycles. The van der Waals surface area contributed by atoms with E-state index in [1.165, 1.54) is 0 Å². The van der Waals surface area contributed by atoms with Gasteiger partial charge in [-0.1, -0.05) is 27.7 Å². The van der Waals surface area contributed by atoms with E-state index in [0.29, 0.717) is 12.8 Å². The smallest absolute Gasteiger partial charge is 0.221 e. The second kappa shape index (κ2) is 6.86. The number of aliphatic hydroxyl groups is 1. The number of aliphatic hydroxyl groups excluding tert-OH is 1. The van der Waals surface area contributed by atoms with Crippen molar-refractivity contribution >= 4 is 5.91 Å². The lowest BCUT2D eigenvalue weighted by atomic mass is 9.85. The van der Waals surface area contributed by atoms with Gasteiger partial charge in [-0.25, -0.2) is 0 Å². The van der Waals surface area contributed by atoms with Gasteiger partial charge in [-0.05, 0) is 18.3 Å². The van der Waals surface area contributed by atoms with Crippen LogP contribution in [0.5, 0.6) is 0 Å². The normalized spacial score (nSPS) is 15.6. The van der Waals surface area contributed by atoms with Gasteiger partial charge in [0.2, 0.25) is 5.91 Å². The zero-order chi connectivity index (χ0) is 12.8. The second-order valence-electron chi connectivity index (χ2n) is 5.36. The van der Waals surface area contributed by atoms with E-state index >= 15 is 0 Å². The van der Waals surface area contributed by atoms with E-state index < -0.39 is 0 Å². The van der Waals surface area contributed by atoms with Crippen LogP contribution in [0, 0.1) is 5.41 Å². The Morgan fingerprint density at radius 2 is 2.00 bits per heavy atom. The summed E-state index contributed by atoms with van der Waals surface area (Å²) in [5, 5.41) is 11.7. The lowest BCUT2D eigenvalue weighted by Crippen LogP contribution is -2.43. The number of hydrogen-bond donors (Lipinski definition) is 3. The molecular formula is C12H26N2O2. The van der Waals surface area contributed by atoms with Crippen molar-refractivity contribution in [2.24, 2.45) is 11.1 Å². The van der Waals surface area contributed by atoms with Gasteiger partial charge in [0.1, 0.15) is 0 Å². The Morgan fingerprint density at radius 3 is 2.38 bits per heavy atom. The number of nitrogens with one attached hydrogen (secondary N) is 1. The van der Waals surface area contributed by atoms with Crippen LogP contribution in [0.25, 0.3) is 0 Å². The van der Waals surface area contributed by atoms with E-state index in [0.717, 1.165) is 6.42 Å². The summed E-state index contributed by atoms with van der Waals surface area (Å²) < 4.78 is 0. The van der Waals surface area contributed by atoms with Crippen molar-refractivity contribution in [2.45, 2.75) is 59.0 Å². The Morgan fingerprint density at radius 1 is 1.44 bits per heavy atom. The third kappa shape index (κ3) is 6.08. The number of rotatable bonds is 6. The van der Waals surface area contributed by atoms with Crippen LogP contribution in [0.1, 0.15) is 47.0 Å². The third-order valence-corrected chi connectivity index (χ3v) is 2.85. The molecule has 4 N–H and O–H groups in total. The first-order chi connectivity index (χ1) is 7.31. The van der Waals surface area contributed by atoms with Crippen LogP contribution in [-0.4, -0.2) is 29.7 Å². The van der Waals surface area contributed by atoms with Crippen molar-refractivity contribution < 1.29 is 9.90 Å². The van der Waals surface area contributed by atoms with Crippen LogP contribution < -0.4 is 11.1 Å². The van der Waals surface area contributed by atoms with Gasteiger partial charge in [-0.2, -0.15) is 0 Å². The average Bonchev–Trinajstić information content (AvgIpc) is 2.15. The SMILES string of the molecule is CCC(CCO)NC(=O)CC(N)C(C)(C)C. The monoisotopic (exact) mass is 230 g/mol.